The number of allylic oxidation sites excluding steroid dienone is 3. The molecule has 1 heterocycles. The molecule has 2 unspecified atom stereocenters. The maximum absolute atomic E-state index is 12.4. The molecule has 0 radical (unpaired) electrons. The first-order valence-electron chi connectivity index (χ1n) is 11.3. The molecule has 3 aromatic carbocycles. The van der Waals surface area contributed by atoms with Crippen molar-refractivity contribution in [1.82, 2.24) is 0 Å². The maximum Gasteiger partial charge on any atom is 0.488 e. The van der Waals surface area contributed by atoms with Gasteiger partial charge in [0.2, 0.25) is 0 Å². The van der Waals surface area contributed by atoms with Crippen molar-refractivity contribution in [2.24, 2.45) is 5.92 Å². The predicted molar refractivity (Wildman–Crippen MR) is 132 cm³/mol. The molecule has 0 saturated heterocycles. The third kappa shape index (κ3) is 4.44. The average molecular weight is 466 g/mol. The molecule has 174 valence electrons. The standard InChI is InChI=1S/C28H23BO6/c1-17(30)21-7-3-4-8-22(21)28-23-12-10-19(31)14-26(23)35-27-15-20(11-13-24(27)28)34-16-18-6-2-5-9-25(18)29(32)33/h2-15,23,28,32-33H,16H2,1H3. The largest absolute Gasteiger partial charge is 0.489 e. The van der Waals surface area contributed by atoms with Crippen LogP contribution in [0.25, 0.3) is 0 Å². The maximum atomic E-state index is 12.4. The van der Waals surface area contributed by atoms with Crippen molar-refractivity contribution < 1.29 is 29.1 Å². The summed E-state index contributed by atoms with van der Waals surface area (Å²) in [7, 11) is -1.59. The molecular weight excluding hydrogens is 443 g/mol. The molecule has 1 aliphatic carbocycles. The first-order chi connectivity index (χ1) is 16.9. The van der Waals surface area contributed by atoms with E-state index in [1.807, 2.05) is 42.5 Å². The number of hydrogen-bond acceptors (Lipinski definition) is 6. The van der Waals surface area contributed by atoms with Crippen molar-refractivity contribution in [2.45, 2.75) is 19.4 Å². The number of rotatable bonds is 6. The summed E-state index contributed by atoms with van der Waals surface area (Å²) < 4.78 is 12.1. The van der Waals surface area contributed by atoms with E-state index in [1.54, 1.807) is 37.3 Å². The first kappa shape index (κ1) is 22.8. The normalized spacial score (nSPS) is 18.1. The third-order valence-electron chi connectivity index (χ3n) is 6.39. The highest BCUT2D eigenvalue weighted by molar-refractivity contribution is 6.59. The summed E-state index contributed by atoms with van der Waals surface area (Å²) >= 11 is 0. The number of ketones is 2. The molecule has 2 aliphatic rings. The zero-order chi connectivity index (χ0) is 24.5. The Morgan fingerprint density at radius 3 is 2.60 bits per heavy atom. The molecule has 0 bridgehead atoms. The van der Waals surface area contributed by atoms with Crippen LogP contribution in [-0.4, -0.2) is 28.7 Å². The average Bonchev–Trinajstić information content (AvgIpc) is 2.86. The summed E-state index contributed by atoms with van der Waals surface area (Å²) in [5.41, 5.74) is 3.43. The Kier molecular flexibility index (Phi) is 6.11. The van der Waals surface area contributed by atoms with Crippen LogP contribution in [0.2, 0.25) is 0 Å². The monoisotopic (exact) mass is 466 g/mol. The van der Waals surface area contributed by atoms with Crippen LogP contribution in [0.15, 0.2) is 90.7 Å². The molecule has 0 amide bonds. The molecule has 5 rings (SSSR count). The topological polar surface area (TPSA) is 93.1 Å². The summed E-state index contributed by atoms with van der Waals surface area (Å²) in [5, 5.41) is 19.2. The van der Waals surface area contributed by atoms with E-state index in [1.165, 1.54) is 12.2 Å². The molecule has 0 spiro atoms. The number of Topliss-reactive ketones (excluding diaryl/α,β-unsaturated/α-hetero) is 1. The number of hydrogen-bond donors (Lipinski definition) is 2. The van der Waals surface area contributed by atoms with E-state index in [0.29, 0.717) is 33.8 Å². The molecule has 1 aliphatic heterocycles. The van der Waals surface area contributed by atoms with Gasteiger partial charge in [0.1, 0.15) is 23.9 Å². The molecule has 7 heteroatoms. The minimum Gasteiger partial charge on any atom is -0.489 e. The van der Waals surface area contributed by atoms with E-state index < -0.39 is 7.12 Å². The van der Waals surface area contributed by atoms with Gasteiger partial charge in [-0.25, -0.2) is 0 Å². The predicted octanol–water partition coefficient (Wildman–Crippen LogP) is 3.31. The minimum absolute atomic E-state index is 0.0280. The Bertz CT molecular complexity index is 1370. The molecule has 2 N–H and O–H groups in total. The second-order valence-electron chi connectivity index (χ2n) is 8.62. The lowest BCUT2D eigenvalue weighted by Crippen LogP contribution is -2.33. The van der Waals surface area contributed by atoms with Crippen molar-refractivity contribution in [2.75, 3.05) is 0 Å². The second kappa shape index (κ2) is 9.37. The number of carbonyl (C=O) groups is 2. The molecule has 0 fully saturated rings. The molecule has 3 aromatic rings. The van der Waals surface area contributed by atoms with E-state index >= 15 is 0 Å². The quantitative estimate of drug-likeness (QED) is 0.428. The highest BCUT2D eigenvalue weighted by Gasteiger charge is 2.38. The van der Waals surface area contributed by atoms with Crippen molar-refractivity contribution in [1.29, 1.82) is 0 Å². The van der Waals surface area contributed by atoms with Crippen LogP contribution in [0, 0.1) is 5.92 Å². The molecule has 0 aromatic heterocycles. The van der Waals surface area contributed by atoms with Crippen molar-refractivity contribution in [3.05, 3.63) is 113 Å². The van der Waals surface area contributed by atoms with E-state index in [0.717, 1.165) is 11.1 Å². The Morgan fingerprint density at radius 1 is 1.03 bits per heavy atom. The lowest BCUT2D eigenvalue weighted by atomic mass is 9.74. The zero-order valence-corrected chi connectivity index (χ0v) is 19.0. The summed E-state index contributed by atoms with van der Waals surface area (Å²) in [6.07, 6.45) is 4.86. The smallest absolute Gasteiger partial charge is 0.488 e. The lowest BCUT2D eigenvalue weighted by molar-refractivity contribution is -0.110. The summed E-state index contributed by atoms with van der Waals surface area (Å²) in [6.45, 7) is 1.68. The van der Waals surface area contributed by atoms with Gasteiger partial charge in [-0.1, -0.05) is 60.7 Å². The van der Waals surface area contributed by atoms with Crippen LogP contribution in [-0.2, 0) is 11.4 Å². The fourth-order valence-corrected chi connectivity index (χ4v) is 4.75. The highest BCUT2D eigenvalue weighted by Crippen LogP contribution is 2.49. The van der Waals surface area contributed by atoms with Gasteiger partial charge in [-0.2, -0.15) is 0 Å². The van der Waals surface area contributed by atoms with Crippen molar-refractivity contribution in [3.8, 4) is 11.5 Å². The second-order valence-corrected chi connectivity index (χ2v) is 8.62. The Balaban J connectivity index is 1.53. The fourth-order valence-electron chi connectivity index (χ4n) is 4.75. The van der Waals surface area contributed by atoms with Crippen LogP contribution in [0.4, 0.5) is 0 Å². The Hall–Kier alpha value is -3.94. The van der Waals surface area contributed by atoms with Gasteiger partial charge < -0.3 is 19.5 Å². The molecule has 6 nitrogen and oxygen atoms in total. The van der Waals surface area contributed by atoms with Gasteiger partial charge in [-0.05, 0) is 35.7 Å². The third-order valence-corrected chi connectivity index (χ3v) is 6.39. The SMILES string of the molecule is CC(=O)c1ccccc1C1c2ccc(OCc3ccccc3B(O)O)cc2OC2=CC(=O)C=CC21. The molecule has 2 atom stereocenters. The minimum atomic E-state index is -1.59. The van der Waals surface area contributed by atoms with Crippen molar-refractivity contribution >= 4 is 24.1 Å². The number of carbonyl (C=O) groups excluding carboxylic acids is 2. The summed E-state index contributed by atoms with van der Waals surface area (Å²) in [5.74, 6) is 0.997. The van der Waals surface area contributed by atoms with E-state index in [2.05, 4.69) is 0 Å². The first-order valence-corrected chi connectivity index (χ1v) is 11.3. The van der Waals surface area contributed by atoms with Gasteiger partial charge >= 0.3 is 7.12 Å². The van der Waals surface area contributed by atoms with Gasteiger partial charge in [0.05, 0.1) is 0 Å². The van der Waals surface area contributed by atoms with Crippen LogP contribution >= 0.6 is 0 Å². The molecule has 0 saturated carbocycles. The lowest BCUT2D eigenvalue weighted by Gasteiger charge is -2.36. The van der Waals surface area contributed by atoms with E-state index in [4.69, 9.17) is 9.47 Å². The Labute approximate surface area is 203 Å². The van der Waals surface area contributed by atoms with Gasteiger partial charge in [0.25, 0.3) is 0 Å². The molecular formula is C28H23BO6. The number of ether oxygens (including phenoxy) is 2. The highest BCUT2D eigenvalue weighted by atomic mass is 16.5. The fraction of sp³-hybridized carbons (Fsp3) is 0.143. The van der Waals surface area contributed by atoms with E-state index in [9.17, 15) is 19.6 Å². The van der Waals surface area contributed by atoms with Crippen LogP contribution in [0.3, 0.4) is 0 Å². The molecule has 35 heavy (non-hydrogen) atoms. The van der Waals surface area contributed by atoms with Crippen molar-refractivity contribution in [3.63, 3.8) is 0 Å². The number of benzene rings is 3. The van der Waals surface area contributed by atoms with Gasteiger partial charge in [0, 0.05) is 35.1 Å². The summed E-state index contributed by atoms with van der Waals surface area (Å²) in [6, 6.07) is 20.0. The van der Waals surface area contributed by atoms with Gasteiger partial charge in [-0.3, -0.25) is 9.59 Å². The van der Waals surface area contributed by atoms with Crippen LogP contribution in [0.5, 0.6) is 11.5 Å². The van der Waals surface area contributed by atoms with E-state index in [-0.39, 0.29) is 30.0 Å². The zero-order valence-electron chi connectivity index (χ0n) is 19.0. The van der Waals surface area contributed by atoms with Crippen LogP contribution < -0.4 is 14.9 Å². The summed E-state index contributed by atoms with van der Waals surface area (Å²) in [4.78, 5) is 24.5. The number of fused-ring (bicyclic) bond motifs is 2. The Morgan fingerprint density at radius 2 is 1.80 bits per heavy atom. The van der Waals surface area contributed by atoms with Crippen LogP contribution in [0.1, 0.15) is 39.9 Å². The van der Waals surface area contributed by atoms with Gasteiger partial charge in [-0.15, -0.1) is 0 Å². The van der Waals surface area contributed by atoms with Gasteiger partial charge in [0.15, 0.2) is 11.6 Å².